The first-order valence-electron chi connectivity index (χ1n) is 3.31. The van der Waals surface area contributed by atoms with Crippen LogP contribution in [0.5, 0.6) is 0 Å². The van der Waals surface area contributed by atoms with Gasteiger partial charge in [-0.1, -0.05) is 12.6 Å². The van der Waals surface area contributed by atoms with E-state index in [1.54, 1.807) is 12.3 Å². The quantitative estimate of drug-likeness (QED) is 0.499. The molecule has 0 spiro atoms. The first kappa shape index (κ1) is 7.75. The molecule has 1 rings (SSSR count). The fraction of sp³-hybridized carbons (Fsp3) is 0.125. The molecule has 3 nitrogen and oxygen atoms in total. The van der Waals surface area contributed by atoms with Crippen molar-refractivity contribution in [3.05, 3.63) is 37.1 Å². The third-order valence-corrected chi connectivity index (χ3v) is 1.18. The van der Waals surface area contributed by atoms with Gasteiger partial charge in [-0.15, -0.1) is 0 Å². The van der Waals surface area contributed by atoms with Crippen molar-refractivity contribution >= 4 is 5.82 Å². The Hall–Kier alpha value is -1.35. The molecule has 0 aliphatic carbocycles. The smallest absolute Gasteiger partial charge is 0.144 e. The van der Waals surface area contributed by atoms with Crippen LogP contribution in [0, 0.1) is 0 Å². The van der Waals surface area contributed by atoms with E-state index in [1.807, 2.05) is 12.1 Å². The van der Waals surface area contributed by atoms with Crippen molar-refractivity contribution in [3.63, 3.8) is 0 Å². The Kier molecular flexibility index (Phi) is 2.63. The van der Waals surface area contributed by atoms with Crippen molar-refractivity contribution in [1.29, 1.82) is 0 Å². The maximum Gasteiger partial charge on any atom is 0.144 e. The lowest BCUT2D eigenvalue weighted by atomic mass is 10.4. The second-order valence-corrected chi connectivity index (χ2v) is 2.04. The van der Waals surface area contributed by atoms with Crippen LogP contribution in [0.2, 0.25) is 0 Å². The maximum absolute atomic E-state index is 9.04. The average molecular weight is 150 g/mol. The van der Waals surface area contributed by atoms with Crippen molar-refractivity contribution in [3.8, 4) is 0 Å². The van der Waals surface area contributed by atoms with Crippen LogP contribution >= 0.6 is 0 Å². The molecule has 0 aliphatic rings. The molecule has 3 heteroatoms. The number of aromatic nitrogens is 1. The molecule has 0 radical (unpaired) electrons. The van der Waals surface area contributed by atoms with Crippen molar-refractivity contribution in [2.45, 2.75) is 6.23 Å². The molecule has 0 bridgehead atoms. The molecule has 1 unspecified atom stereocenters. The number of aliphatic hydroxyl groups excluding tert-OH is 1. The monoisotopic (exact) mass is 150 g/mol. The van der Waals surface area contributed by atoms with Crippen LogP contribution in [-0.2, 0) is 0 Å². The summed E-state index contributed by atoms with van der Waals surface area (Å²) in [5, 5.41) is 11.8. The summed E-state index contributed by atoms with van der Waals surface area (Å²) in [7, 11) is 0. The van der Waals surface area contributed by atoms with Gasteiger partial charge in [-0.2, -0.15) is 0 Å². The van der Waals surface area contributed by atoms with Gasteiger partial charge in [0.25, 0.3) is 0 Å². The summed E-state index contributed by atoms with van der Waals surface area (Å²) >= 11 is 0. The second kappa shape index (κ2) is 3.73. The SMILES string of the molecule is C=CC(O)Nc1ccccn1. The minimum atomic E-state index is -0.732. The molecule has 1 atom stereocenters. The van der Waals surface area contributed by atoms with Crippen molar-refractivity contribution < 1.29 is 5.11 Å². The minimum absolute atomic E-state index is 0.639. The number of hydrogen-bond acceptors (Lipinski definition) is 3. The van der Waals surface area contributed by atoms with Gasteiger partial charge in [0.1, 0.15) is 12.0 Å². The van der Waals surface area contributed by atoms with E-state index in [0.29, 0.717) is 5.82 Å². The molecule has 1 aromatic heterocycles. The van der Waals surface area contributed by atoms with E-state index in [-0.39, 0.29) is 0 Å². The number of anilines is 1. The predicted octanol–water partition coefficient (Wildman–Crippen LogP) is 0.998. The zero-order valence-corrected chi connectivity index (χ0v) is 6.07. The summed E-state index contributed by atoms with van der Waals surface area (Å²) in [4.78, 5) is 3.95. The Bertz CT molecular complexity index is 223. The van der Waals surface area contributed by atoms with E-state index in [2.05, 4.69) is 16.9 Å². The van der Waals surface area contributed by atoms with Gasteiger partial charge in [-0.25, -0.2) is 4.98 Å². The van der Waals surface area contributed by atoms with Crippen molar-refractivity contribution in [2.24, 2.45) is 0 Å². The summed E-state index contributed by atoms with van der Waals surface area (Å²) in [5.41, 5.74) is 0. The largest absolute Gasteiger partial charge is 0.370 e. The topological polar surface area (TPSA) is 45.1 Å². The lowest BCUT2D eigenvalue weighted by Gasteiger charge is -2.07. The van der Waals surface area contributed by atoms with Gasteiger partial charge in [0.05, 0.1) is 0 Å². The highest BCUT2D eigenvalue weighted by atomic mass is 16.3. The van der Waals surface area contributed by atoms with Crippen LogP contribution in [0.25, 0.3) is 0 Å². The van der Waals surface area contributed by atoms with Gasteiger partial charge in [0.15, 0.2) is 0 Å². The molecule has 0 amide bonds. The summed E-state index contributed by atoms with van der Waals surface area (Å²) in [6.45, 7) is 3.42. The van der Waals surface area contributed by atoms with Gasteiger partial charge < -0.3 is 10.4 Å². The molecule has 0 saturated carbocycles. The number of nitrogens with one attached hydrogen (secondary N) is 1. The van der Waals surface area contributed by atoms with Gasteiger partial charge in [-0.05, 0) is 18.2 Å². The normalized spacial score (nSPS) is 12.1. The standard InChI is InChI=1S/C8H10N2O/c1-2-8(11)10-7-5-3-4-6-9-7/h2-6,8,11H,1H2,(H,9,10). The average Bonchev–Trinajstić information content (AvgIpc) is 2.06. The molecule has 58 valence electrons. The van der Waals surface area contributed by atoms with Crippen LogP contribution in [0.4, 0.5) is 5.82 Å². The molecule has 2 N–H and O–H groups in total. The molecule has 0 aromatic carbocycles. The summed E-state index contributed by atoms with van der Waals surface area (Å²) < 4.78 is 0. The second-order valence-electron chi connectivity index (χ2n) is 2.04. The predicted molar refractivity (Wildman–Crippen MR) is 44.1 cm³/mol. The first-order chi connectivity index (χ1) is 5.33. The van der Waals surface area contributed by atoms with Gasteiger partial charge in [-0.3, -0.25) is 0 Å². The van der Waals surface area contributed by atoms with Crippen molar-refractivity contribution in [2.75, 3.05) is 5.32 Å². The molecule has 1 heterocycles. The highest BCUT2D eigenvalue weighted by Crippen LogP contribution is 2.00. The number of hydrogen-bond donors (Lipinski definition) is 2. The van der Waals surface area contributed by atoms with E-state index in [1.165, 1.54) is 6.08 Å². The van der Waals surface area contributed by atoms with Crippen LogP contribution < -0.4 is 5.32 Å². The minimum Gasteiger partial charge on any atom is -0.370 e. The third kappa shape index (κ3) is 2.39. The molecule has 1 aromatic rings. The summed E-state index contributed by atoms with van der Waals surface area (Å²) in [6, 6.07) is 5.42. The van der Waals surface area contributed by atoms with Crippen LogP contribution in [-0.4, -0.2) is 16.3 Å². The van der Waals surface area contributed by atoms with Crippen LogP contribution in [0.1, 0.15) is 0 Å². The molecule has 11 heavy (non-hydrogen) atoms. The number of pyridine rings is 1. The highest BCUT2D eigenvalue weighted by molar-refractivity contribution is 5.34. The number of rotatable bonds is 3. The third-order valence-electron chi connectivity index (χ3n) is 1.18. The van der Waals surface area contributed by atoms with E-state index < -0.39 is 6.23 Å². The lowest BCUT2D eigenvalue weighted by Crippen LogP contribution is -2.15. The molecule has 0 aliphatic heterocycles. The number of nitrogens with zero attached hydrogens (tertiary/aromatic N) is 1. The Morgan fingerprint density at radius 2 is 2.45 bits per heavy atom. The Balaban J connectivity index is 2.57. The highest BCUT2D eigenvalue weighted by Gasteiger charge is 1.95. The fourth-order valence-corrected chi connectivity index (χ4v) is 0.659. The number of aliphatic hydroxyl groups is 1. The fourth-order valence-electron chi connectivity index (χ4n) is 0.659. The molecule has 0 saturated heterocycles. The van der Waals surface area contributed by atoms with E-state index >= 15 is 0 Å². The maximum atomic E-state index is 9.04. The van der Waals surface area contributed by atoms with Gasteiger partial charge in [0.2, 0.25) is 0 Å². The molecule has 0 fully saturated rings. The zero-order chi connectivity index (χ0) is 8.10. The van der Waals surface area contributed by atoms with Crippen LogP contribution in [0.3, 0.4) is 0 Å². The first-order valence-corrected chi connectivity index (χ1v) is 3.31. The summed E-state index contributed by atoms with van der Waals surface area (Å²) in [6.07, 6.45) is 2.32. The van der Waals surface area contributed by atoms with Gasteiger partial charge >= 0.3 is 0 Å². The lowest BCUT2D eigenvalue weighted by molar-refractivity contribution is 0.252. The van der Waals surface area contributed by atoms with E-state index in [0.717, 1.165) is 0 Å². The van der Waals surface area contributed by atoms with Gasteiger partial charge in [0, 0.05) is 6.20 Å². The van der Waals surface area contributed by atoms with Crippen molar-refractivity contribution in [1.82, 2.24) is 4.98 Å². The Morgan fingerprint density at radius 3 is 3.00 bits per heavy atom. The van der Waals surface area contributed by atoms with E-state index in [9.17, 15) is 0 Å². The Morgan fingerprint density at radius 1 is 1.64 bits per heavy atom. The molecular formula is C8H10N2O. The summed E-state index contributed by atoms with van der Waals surface area (Å²) in [5.74, 6) is 0.639. The molecular weight excluding hydrogens is 140 g/mol. The zero-order valence-electron chi connectivity index (χ0n) is 6.07. The van der Waals surface area contributed by atoms with E-state index in [4.69, 9.17) is 5.11 Å². The Labute approximate surface area is 65.4 Å². The van der Waals surface area contributed by atoms with Crippen LogP contribution in [0.15, 0.2) is 37.1 Å².